The quantitative estimate of drug-likeness (QED) is 0.777. The number of nitrogen functional groups attached to an aromatic ring is 1. The number of rotatable bonds is 5. The third-order valence-electron chi connectivity index (χ3n) is 7.29. The molecule has 0 unspecified atom stereocenters. The molecule has 3 atom stereocenters. The van der Waals surface area contributed by atoms with Gasteiger partial charge < -0.3 is 15.2 Å². The van der Waals surface area contributed by atoms with Crippen LogP contribution in [0.4, 0.5) is 19.0 Å². The highest BCUT2D eigenvalue weighted by Gasteiger charge is 2.59. The molecular weight excluding hydrogens is 411 g/mol. The zero-order valence-corrected chi connectivity index (χ0v) is 16.9. The number of pyridine rings is 1. The minimum absolute atomic E-state index is 0.295. The zero-order valence-electron chi connectivity index (χ0n) is 16.9. The van der Waals surface area contributed by atoms with Crippen molar-refractivity contribution in [1.82, 2.24) is 19.7 Å². The van der Waals surface area contributed by atoms with Crippen LogP contribution in [0.1, 0.15) is 36.9 Å². The van der Waals surface area contributed by atoms with Crippen LogP contribution in [0.25, 0.3) is 11.3 Å². The third kappa shape index (κ3) is 3.36. The van der Waals surface area contributed by atoms with Gasteiger partial charge in [-0.3, -0.25) is 9.58 Å². The average molecular weight is 435 g/mol. The second-order valence-corrected chi connectivity index (χ2v) is 9.14. The molecule has 2 saturated heterocycles. The van der Waals surface area contributed by atoms with Crippen LogP contribution >= 0.6 is 0 Å². The lowest BCUT2D eigenvalue weighted by Gasteiger charge is -2.36. The lowest BCUT2D eigenvalue weighted by Crippen LogP contribution is -2.48. The molecule has 2 aliphatic heterocycles. The second-order valence-electron chi connectivity index (χ2n) is 9.14. The van der Waals surface area contributed by atoms with Gasteiger partial charge >= 0.3 is 6.36 Å². The summed E-state index contributed by atoms with van der Waals surface area (Å²) in [5.74, 6) is 0.921. The van der Waals surface area contributed by atoms with Gasteiger partial charge in [0, 0.05) is 36.5 Å². The van der Waals surface area contributed by atoms with Crippen molar-refractivity contribution in [3.63, 3.8) is 0 Å². The van der Waals surface area contributed by atoms with Crippen molar-refractivity contribution < 1.29 is 22.6 Å². The lowest BCUT2D eigenvalue weighted by atomic mass is 9.93. The first-order valence-electron chi connectivity index (χ1n) is 10.8. The fourth-order valence-electron chi connectivity index (χ4n) is 5.25. The minimum Gasteiger partial charge on any atom is -0.402 e. The molecule has 2 aromatic heterocycles. The molecule has 0 bridgehead atoms. The monoisotopic (exact) mass is 435 g/mol. The summed E-state index contributed by atoms with van der Waals surface area (Å²) in [6, 6.07) is 4.24. The number of anilines is 1. The first-order valence-corrected chi connectivity index (χ1v) is 10.8. The molecule has 4 heterocycles. The van der Waals surface area contributed by atoms with Gasteiger partial charge in [-0.25, -0.2) is 4.98 Å². The number of aromatic nitrogens is 3. The van der Waals surface area contributed by atoms with Gasteiger partial charge in [-0.2, -0.15) is 5.10 Å². The van der Waals surface area contributed by atoms with E-state index in [1.807, 2.05) is 6.07 Å². The van der Waals surface area contributed by atoms with Crippen molar-refractivity contribution in [2.24, 2.45) is 11.8 Å². The van der Waals surface area contributed by atoms with Gasteiger partial charge in [-0.05, 0) is 43.2 Å². The molecule has 31 heavy (non-hydrogen) atoms. The van der Waals surface area contributed by atoms with Gasteiger partial charge in [0.2, 0.25) is 0 Å². The van der Waals surface area contributed by atoms with E-state index in [0.717, 1.165) is 39.1 Å². The number of alkyl halides is 3. The van der Waals surface area contributed by atoms with Gasteiger partial charge in [-0.1, -0.05) is 0 Å². The van der Waals surface area contributed by atoms with Crippen molar-refractivity contribution in [2.75, 3.05) is 32.0 Å². The Labute approximate surface area is 177 Å². The van der Waals surface area contributed by atoms with E-state index in [4.69, 9.17) is 15.6 Å². The molecule has 0 radical (unpaired) electrons. The van der Waals surface area contributed by atoms with Gasteiger partial charge in [0.25, 0.3) is 0 Å². The van der Waals surface area contributed by atoms with Gasteiger partial charge in [-0.15, -0.1) is 13.2 Å². The highest BCUT2D eigenvalue weighted by molar-refractivity contribution is 5.64. The van der Waals surface area contributed by atoms with E-state index in [9.17, 15) is 13.2 Å². The Hall–Kier alpha value is -2.33. The highest BCUT2D eigenvalue weighted by atomic mass is 19.4. The number of halogens is 3. The molecule has 166 valence electrons. The van der Waals surface area contributed by atoms with E-state index >= 15 is 0 Å². The van der Waals surface area contributed by atoms with Crippen LogP contribution < -0.4 is 10.5 Å². The van der Waals surface area contributed by atoms with E-state index in [0.29, 0.717) is 41.1 Å². The van der Waals surface area contributed by atoms with Crippen molar-refractivity contribution in [2.45, 2.75) is 43.6 Å². The van der Waals surface area contributed by atoms with E-state index in [1.165, 1.54) is 24.4 Å². The summed E-state index contributed by atoms with van der Waals surface area (Å²) in [7, 11) is 0. The first-order chi connectivity index (χ1) is 14.9. The molecule has 4 fully saturated rings. The van der Waals surface area contributed by atoms with Crippen molar-refractivity contribution >= 4 is 5.82 Å². The molecule has 2 saturated carbocycles. The number of nitrogens with two attached hydrogens (primary N) is 1. The van der Waals surface area contributed by atoms with Crippen molar-refractivity contribution in [3.05, 3.63) is 24.0 Å². The molecule has 2 N–H and O–H groups in total. The highest BCUT2D eigenvalue weighted by Crippen LogP contribution is 2.59. The van der Waals surface area contributed by atoms with Crippen LogP contribution in [0, 0.1) is 11.8 Å². The summed E-state index contributed by atoms with van der Waals surface area (Å²) in [5, 5.41) is 4.81. The topological polar surface area (TPSA) is 78.4 Å². The van der Waals surface area contributed by atoms with Crippen molar-refractivity contribution in [1.29, 1.82) is 0 Å². The second kappa shape index (κ2) is 6.83. The number of hydrogen-bond donors (Lipinski definition) is 1. The molecular formula is C21H24F3N5O2. The Bertz CT molecular complexity index is 989. The summed E-state index contributed by atoms with van der Waals surface area (Å²) in [6.07, 6.45) is -0.0108. The van der Waals surface area contributed by atoms with Crippen LogP contribution in [-0.2, 0) is 4.74 Å². The summed E-state index contributed by atoms with van der Waals surface area (Å²) in [4.78, 5) is 6.44. The Morgan fingerprint density at radius 1 is 1.10 bits per heavy atom. The molecule has 7 nitrogen and oxygen atoms in total. The summed E-state index contributed by atoms with van der Waals surface area (Å²) in [6.45, 7) is 3.84. The largest absolute Gasteiger partial charge is 0.573 e. The van der Waals surface area contributed by atoms with Gasteiger partial charge in [0.15, 0.2) is 11.6 Å². The molecule has 0 spiro atoms. The van der Waals surface area contributed by atoms with Crippen LogP contribution in [0.2, 0.25) is 0 Å². The third-order valence-corrected chi connectivity index (χ3v) is 7.29. The van der Waals surface area contributed by atoms with Gasteiger partial charge in [0.05, 0.1) is 31.0 Å². The van der Waals surface area contributed by atoms with E-state index in [-0.39, 0.29) is 5.82 Å². The summed E-state index contributed by atoms with van der Waals surface area (Å²) < 4.78 is 49.6. The fraction of sp³-hybridized carbons (Fsp3) is 0.619. The number of fused-ring (bicyclic) bond motifs is 1. The van der Waals surface area contributed by atoms with Crippen LogP contribution in [0.15, 0.2) is 18.3 Å². The SMILES string of the molecule is Nc1ncc(-c2cc([C@H]3[C@@H]4CN(C5COC5)C[C@@H]43)n(C3CCC3)n2)cc1OC(F)(F)F. The Balaban J connectivity index is 1.28. The molecule has 4 aliphatic rings. The molecule has 2 aromatic rings. The van der Waals surface area contributed by atoms with Crippen LogP contribution in [0.3, 0.4) is 0 Å². The fourth-order valence-corrected chi connectivity index (χ4v) is 5.25. The van der Waals surface area contributed by atoms with Crippen LogP contribution in [0.5, 0.6) is 5.75 Å². The zero-order chi connectivity index (χ0) is 21.3. The maximum absolute atomic E-state index is 12.7. The number of nitrogens with zero attached hydrogens (tertiary/aromatic N) is 4. The molecule has 0 amide bonds. The molecule has 2 aliphatic carbocycles. The Morgan fingerprint density at radius 3 is 2.42 bits per heavy atom. The molecule has 6 rings (SSSR count). The summed E-state index contributed by atoms with van der Waals surface area (Å²) in [5.41, 5.74) is 7.89. The Morgan fingerprint density at radius 2 is 1.84 bits per heavy atom. The first kappa shape index (κ1) is 19.4. The predicted molar refractivity (Wildman–Crippen MR) is 105 cm³/mol. The standard InChI is InChI=1S/C21H24F3N5O2/c22-21(23,24)31-18-4-11(6-26-20(18)25)16-5-17(29(27-16)12-2-1-3-12)19-14-7-28(8-15(14)19)13-9-30-10-13/h4-6,12-15,19H,1-3,7-10H2,(H2,25,26)/t14-,15+,19+. The van der Waals surface area contributed by atoms with Gasteiger partial charge in [0.1, 0.15) is 0 Å². The molecule has 0 aromatic carbocycles. The minimum atomic E-state index is -4.83. The van der Waals surface area contributed by atoms with E-state index < -0.39 is 12.1 Å². The predicted octanol–water partition coefficient (Wildman–Crippen LogP) is 3.19. The average Bonchev–Trinajstić information content (AvgIpc) is 2.96. The number of hydrogen-bond acceptors (Lipinski definition) is 6. The Kier molecular flexibility index (Phi) is 4.27. The number of likely N-dealkylation sites (tertiary alicyclic amines) is 1. The number of piperidine rings is 1. The maximum atomic E-state index is 12.7. The maximum Gasteiger partial charge on any atom is 0.573 e. The molecule has 10 heteroatoms. The van der Waals surface area contributed by atoms with E-state index in [1.54, 1.807) is 0 Å². The normalized spacial score (nSPS) is 28.8. The van der Waals surface area contributed by atoms with E-state index in [2.05, 4.69) is 19.3 Å². The van der Waals surface area contributed by atoms with Crippen LogP contribution in [-0.4, -0.2) is 58.4 Å². The smallest absolute Gasteiger partial charge is 0.402 e. The lowest BCUT2D eigenvalue weighted by molar-refractivity contribution is -0.274. The number of ether oxygens (including phenoxy) is 2. The van der Waals surface area contributed by atoms with Crippen molar-refractivity contribution in [3.8, 4) is 17.0 Å². The summed E-state index contributed by atoms with van der Waals surface area (Å²) >= 11 is 0.